The summed E-state index contributed by atoms with van der Waals surface area (Å²) < 4.78 is 1.71. The van der Waals surface area contributed by atoms with Crippen molar-refractivity contribution in [3.8, 4) is 11.4 Å². The minimum atomic E-state index is -0.206. The van der Waals surface area contributed by atoms with Crippen LogP contribution in [-0.4, -0.2) is 19.8 Å². The van der Waals surface area contributed by atoms with Gasteiger partial charge in [0.05, 0.1) is 31.3 Å². The standard InChI is InChI=1S/C12H15N3O2/c13-8-15-11(7-17)10(6-16)14-12(15)9-4-2-1-3-5-9/h1-5,16-17H,6-8,13H2. The third-order valence-electron chi connectivity index (χ3n) is 2.67. The van der Waals surface area contributed by atoms with Crippen molar-refractivity contribution >= 4 is 0 Å². The van der Waals surface area contributed by atoms with Crippen molar-refractivity contribution in [1.29, 1.82) is 0 Å². The quantitative estimate of drug-likeness (QED) is 0.716. The maximum atomic E-state index is 9.29. The van der Waals surface area contributed by atoms with Crippen LogP contribution in [0.25, 0.3) is 11.4 Å². The summed E-state index contributed by atoms with van der Waals surface area (Å²) in [6.07, 6.45) is 0. The Balaban J connectivity index is 2.58. The topological polar surface area (TPSA) is 84.3 Å². The molecule has 0 amide bonds. The van der Waals surface area contributed by atoms with Gasteiger partial charge in [0.15, 0.2) is 0 Å². The van der Waals surface area contributed by atoms with Crippen LogP contribution in [0.15, 0.2) is 30.3 Å². The van der Waals surface area contributed by atoms with Gasteiger partial charge < -0.3 is 20.5 Å². The average Bonchev–Trinajstić information content (AvgIpc) is 2.77. The van der Waals surface area contributed by atoms with E-state index >= 15 is 0 Å². The second kappa shape index (κ2) is 5.09. The first-order valence-electron chi connectivity index (χ1n) is 5.37. The van der Waals surface area contributed by atoms with E-state index in [9.17, 15) is 10.2 Å². The fourth-order valence-electron chi connectivity index (χ4n) is 1.84. The van der Waals surface area contributed by atoms with E-state index in [1.807, 2.05) is 30.3 Å². The second-order valence-electron chi connectivity index (χ2n) is 3.62. The molecule has 0 unspecified atom stereocenters. The van der Waals surface area contributed by atoms with Crippen molar-refractivity contribution in [2.45, 2.75) is 19.9 Å². The molecule has 0 bridgehead atoms. The molecule has 0 aliphatic heterocycles. The molecule has 0 aliphatic rings. The number of aliphatic hydroxyl groups is 2. The molecule has 2 aromatic rings. The van der Waals surface area contributed by atoms with Gasteiger partial charge in [0, 0.05) is 5.56 Å². The summed E-state index contributed by atoms with van der Waals surface area (Å²) in [7, 11) is 0. The predicted octanol–water partition coefficient (Wildman–Crippen LogP) is 0.451. The first kappa shape index (κ1) is 11.8. The molecule has 0 atom stereocenters. The molecule has 1 aromatic heterocycles. The molecule has 2 rings (SSSR count). The normalized spacial score (nSPS) is 10.8. The van der Waals surface area contributed by atoms with Gasteiger partial charge in [-0.15, -0.1) is 0 Å². The summed E-state index contributed by atoms with van der Waals surface area (Å²) in [5.74, 6) is 0.668. The Morgan fingerprint density at radius 2 is 1.82 bits per heavy atom. The number of benzene rings is 1. The lowest BCUT2D eigenvalue weighted by Crippen LogP contribution is -2.12. The summed E-state index contributed by atoms with van der Waals surface area (Å²) >= 11 is 0. The molecule has 0 radical (unpaired) electrons. The lowest BCUT2D eigenvalue weighted by Gasteiger charge is -2.07. The molecular formula is C12H15N3O2. The highest BCUT2D eigenvalue weighted by atomic mass is 16.3. The van der Waals surface area contributed by atoms with Crippen LogP contribution in [0.2, 0.25) is 0 Å². The lowest BCUT2D eigenvalue weighted by molar-refractivity contribution is 0.250. The number of nitrogens with zero attached hydrogens (tertiary/aromatic N) is 2. The molecule has 5 heteroatoms. The van der Waals surface area contributed by atoms with Gasteiger partial charge in [-0.3, -0.25) is 0 Å². The summed E-state index contributed by atoms with van der Waals surface area (Å²) in [5, 5.41) is 18.5. The van der Waals surface area contributed by atoms with Gasteiger partial charge in [0.25, 0.3) is 0 Å². The zero-order chi connectivity index (χ0) is 12.3. The first-order valence-corrected chi connectivity index (χ1v) is 5.37. The molecule has 5 nitrogen and oxygen atoms in total. The van der Waals surface area contributed by atoms with Crippen molar-refractivity contribution in [2.24, 2.45) is 5.73 Å². The summed E-state index contributed by atoms with van der Waals surface area (Å²) in [4.78, 5) is 4.31. The largest absolute Gasteiger partial charge is 0.390 e. The molecule has 0 aliphatic carbocycles. The van der Waals surface area contributed by atoms with Crippen molar-refractivity contribution in [3.63, 3.8) is 0 Å². The molecule has 17 heavy (non-hydrogen) atoms. The average molecular weight is 233 g/mol. The van der Waals surface area contributed by atoms with Crippen LogP contribution in [0.1, 0.15) is 11.4 Å². The summed E-state index contributed by atoms with van der Waals surface area (Å²) in [6, 6.07) is 9.55. The molecule has 0 spiro atoms. The molecule has 4 N–H and O–H groups in total. The first-order chi connectivity index (χ1) is 8.31. The Morgan fingerprint density at radius 3 is 2.35 bits per heavy atom. The molecule has 0 fully saturated rings. The van der Waals surface area contributed by atoms with Crippen LogP contribution in [0.3, 0.4) is 0 Å². The lowest BCUT2D eigenvalue weighted by atomic mass is 10.2. The van der Waals surface area contributed by atoms with E-state index in [-0.39, 0.29) is 19.9 Å². The Kier molecular flexibility index (Phi) is 3.53. The monoisotopic (exact) mass is 233 g/mol. The van der Waals surface area contributed by atoms with Gasteiger partial charge >= 0.3 is 0 Å². The fraction of sp³-hybridized carbons (Fsp3) is 0.250. The van der Waals surface area contributed by atoms with Crippen LogP contribution in [0.4, 0.5) is 0 Å². The number of aliphatic hydroxyl groups excluding tert-OH is 2. The van der Waals surface area contributed by atoms with Crippen LogP contribution >= 0.6 is 0 Å². The maximum Gasteiger partial charge on any atom is 0.141 e. The van der Waals surface area contributed by atoms with Gasteiger partial charge in [-0.1, -0.05) is 30.3 Å². The van der Waals surface area contributed by atoms with Gasteiger partial charge in [-0.2, -0.15) is 0 Å². The van der Waals surface area contributed by atoms with Crippen LogP contribution in [0.5, 0.6) is 0 Å². The highest BCUT2D eigenvalue weighted by Crippen LogP contribution is 2.22. The van der Waals surface area contributed by atoms with E-state index in [2.05, 4.69) is 4.98 Å². The van der Waals surface area contributed by atoms with E-state index in [1.165, 1.54) is 0 Å². The Hall–Kier alpha value is -1.69. The molecule has 0 saturated heterocycles. The van der Waals surface area contributed by atoms with E-state index in [0.717, 1.165) is 5.56 Å². The van der Waals surface area contributed by atoms with Gasteiger partial charge in [0.2, 0.25) is 0 Å². The number of imidazole rings is 1. The zero-order valence-corrected chi connectivity index (χ0v) is 9.37. The minimum absolute atomic E-state index is 0.188. The number of nitrogens with two attached hydrogens (primary N) is 1. The van der Waals surface area contributed by atoms with Gasteiger partial charge in [0.1, 0.15) is 5.82 Å². The van der Waals surface area contributed by atoms with Crippen LogP contribution < -0.4 is 5.73 Å². The van der Waals surface area contributed by atoms with Crippen molar-refractivity contribution in [3.05, 3.63) is 41.7 Å². The van der Waals surface area contributed by atoms with E-state index in [4.69, 9.17) is 5.73 Å². The number of hydrogen-bond donors (Lipinski definition) is 3. The zero-order valence-electron chi connectivity index (χ0n) is 9.37. The molecular weight excluding hydrogens is 218 g/mol. The Labute approximate surface area is 99.2 Å². The van der Waals surface area contributed by atoms with Crippen molar-refractivity contribution < 1.29 is 10.2 Å². The maximum absolute atomic E-state index is 9.29. The molecule has 1 aromatic carbocycles. The number of aromatic nitrogens is 2. The van der Waals surface area contributed by atoms with Gasteiger partial charge in [-0.25, -0.2) is 4.98 Å². The molecule has 1 heterocycles. The highest BCUT2D eigenvalue weighted by Gasteiger charge is 2.15. The summed E-state index contributed by atoms with van der Waals surface area (Å²) in [5.41, 5.74) is 7.61. The summed E-state index contributed by atoms with van der Waals surface area (Å²) in [6.45, 7) is -0.178. The minimum Gasteiger partial charge on any atom is -0.390 e. The number of hydrogen-bond acceptors (Lipinski definition) is 4. The van der Waals surface area contributed by atoms with E-state index < -0.39 is 0 Å². The van der Waals surface area contributed by atoms with Gasteiger partial charge in [-0.05, 0) is 0 Å². The smallest absolute Gasteiger partial charge is 0.141 e. The second-order valence-corrected chi connectivity index (χ2v) is 3.62. The third-order valence-corrected chi connectivity index (χ3v) is 2.67. The number of rotatable bonds is 4. The van der Waals surface area contributed by atoms with Crippen LogP contribution in [0, 0.1) is 0 Å². The Bertz CT molecular complexity index is 494. The fourth-order valence-corrected chi connectivity index (χ4v) is 1.84. The predicted molar refractivity (Wildman–Crippen MR) is 63.7 cm³/mol. The molecule has 90 valence electrons. The Morgan fingerprint density at radius 1 is 1.12 bits per heavy atom. The third kappa shape index (κ3) is 2.08. The van der Waals surface area contributed by atoms with Crippen LogP contribution in [-0.2, 0) is 19.9 Å². The highest BCUT2D eigenvalue weighted by molar-refractivity contribution is 5.56. The van der Waals surface area contributed by atoms with Crippen molar-refractivity contribution in [1.82, 2.24) is 9.55 Å². The van der Waals surface area contributed by atoms with Crippen molar-refractivity contribution in [2.75, 3.05) is 0 Å². The SMILES string of the molecule is NCn1c(-c2ccccc2)nc(CO)c1CO. The van der Waals surface area contributed by atoms with E-state index in [0.29, 0.717) is 17.2 Å². The molecule has 0 saturated carbocycles. The van der Waals surface area contributed by atoms with E-state index in [1.54, 1.807) is 4.57 Å².